The minimum absolute atomic E-state index is 0.00142. The predicted octanol–water partition coefficient (Wildman–Crippen LogP) is 0.562. The zero-order valence-corrected chi connectivity index (χ0v) is 10.5. The quantitative estimate of drug-likeness (QED) is 0.567. The lowest BCUT2D eigenvalue weighted by molar-refractivity contribution is -0.125. The summed E-state index contributed by atoms with van der Waals surface area (Å²) in [5.41, 5.74) is 0.885. The molecular formula is C13H18N2O3. The maximum atomic E-state index is 11.7. The van der Waals surface area contributed by atoms with Crippen LogP contribution in [0, 0.1) is 0 Å². The largest absolute Gasteiger partial charge is 0.394 e. The summed E-state index contributed by atoms with van der Waals surface area (Å²) in [7, 11) is 1.71. The van der Waals surface area contributed by atoms with E-state index in [-0.39, 0.29) is 12.5 Å². The molecule has 0 bridgehead atoms. The predicted molar refractivity (Wildman–Crippen MR) is 68.8 cm³/mol. The molecule has 0 saturated heterocycles. The molecule has 1 amide bonds. The van der Waals surface area contributed by atoms with E-state index in [2.05, 4.69) is 4.98 Å². The van der Waals surface area contributed by atoms with Crippen molar-refractivity contribution in [2.45, 2.75) is 0 Å². The molecule has 1 aromatic heterocycles. The maximum Gasteiger partial charge on any atom is 0.246 e. The zero-order valence-electron chi connectivity index (χ0n) is 10.5. The van der Waals surface area contributed by atoms with Gasteiger partial charge in [0.25, 0.3) is 0 Å². The first-order chi connectivity index (χ1) is 8.74. The number of pyridine rings is 1. The van der Waals surface area contributed by atoms with Crippen LogP contribution in [0.2, 0.25) is 0 Å². The summed E-state index contributed by atoms with van der Waals surface area (Å²) in [5, 5.41) is 8.53. The highest BCUT2D eigenvalue weighted by Crippen LogP contribution is 1.99. The maximum absolute atomic E-state index is 11.7. The van der Waals surface area contributed by atoms with Gasteiger partial charge in [0.15, 0.2) is 0 Å². The Morgan fingerprint density at radius 1 is 1.56 bits per heavy atom. The van der Waals surface area contributed by atoms with Crippen molar-refractivity contribution in [1.82, 2.24) is 9.88 Å². The first-order valence-corrected chi connectivity index (χ1v) is 5.76. The molecule has 0 spiro atoms. The van der Waals surface area contributed by atoms with Gasteiger partial charge < -0.3 is 14.7 Å². The second-order valence-corrected chi connectivity index (χ2v) is 3.72. The third kappa shape index (κ3) is 5.56. The van der Waals surface area contributed by atoms with Gasteiger partial charge in [0.2, 0.25) is 5.91 Å². The van der Waals surface area contributed by atoms with E-state index < -0.39 is 0 Å². The topological polar surface area (TPSA) is 62.7 Å². The second-order valence-electron chi connectivity index (χ2n) is 3.72. The fraction of sp³-hybridized carbons (Fsp3) is 0.385. The lowest BCUT2D eigenvalue weighted by Gasteiger charge is -2.14. The third-order valence-corrected chi connectivity index (χ3v) is 2.29. The molecule has 98 valence electrons. The summed E-state index contributed by atoms with van der Waals surface area (Å²) in [4.78, 5) is 17.2. The van der Waals surface area contributed by atoms with Crippen LogP contribution >= 0.6 is 0 Å². The third-order valence-electron chi connectivity index (χ3n) is 2.29. The first-order valence-electron chi connectivity index (χ1n) is 5.76. The standard InChI is InChI=1S/C13H18N2O3/c1-15(7-9-18-10-8-16)13(17)5-4-12-3-2-6-14-11-12/h2-6,11,16H,7-10H2,1H3/b5-4+. The summed E-state index contributed by atoms with van der Waals surface area (Å²) in [6.45, 7) is 1.21. The van der Waals surface area contributed by atoms with Gasteiger partial charge in [-0.3, -0.25) is 9.78 Å². The van der Waals surface area contributed by atoms with E-state index in [4.69, 9.17) is 9.84 Å². The Hall–Kier alpha value is -1.72. The highest BCUT2D eigenvalue weighted by atomic mass is 16.5. The molecule has 1 rings (SSSR count). The molecule has 0 radical (unpaired) electrons. The van der Waals surface area contributed by atoms with Gasteiger partial charge in [-0.05, 0) is 17.7 Å². The highest BCUT2D eigenvalue weighted by Gasteiger charge is 2.03. The van der Waals surface area contributed by atoms with Gasteiger partial charge in [0, 0.05) is 32.1 Å². The summed E-state index contributed by atoms with van der Waals surface area (Å²) >= 11 is 0. The number of amides is 1. The molecule has 0 aliphatic heterocycles. The van der Waals surface area contributed by atoms with E-state index in [1.165, 1.54) is 6.08 Å². The Balaban J connectivity index is 2.33. The van der Waals surface area contributed by atoms with Gasteiger partial charge in [-0.15, -0.1) is 0 Å². The number of likely N-dealkylation sites (N-methyl/N-ethyl adjacent to an activating group) is 1. The Labute approximate surface area is 107 Å². The Morgan fingerprint density at radius 3 is 3.06 bits per heavy atom. The van der Waals surface area contributed by atoms with Crippen LogP contribution in [0.3, 0.4) is 0 Å². The lowest BCUT2D eigenvalue weighted by Crippen LogP contribution is -2.28. The van der Waals surface area contributed by atoms with Crippen molar-refractivity contribution in [1.29, 1.82) is 0 Å². The molecule has 0 aliphatic carbocycles. The van der Waals surface area contributed by atoms with E-state index >= 15 is 0 Å². The number of aromatic nitrogens is 1. The fourth-order valence-corrected chi connectivity index (χ4v) is 1.25. The van der Waals surface area contributed by atoms with Crippen molar-refractivity contribution in [3.8, 4) is 0 Å². The monoisotopic (exact) mass is 250 g/mol. The molecule has 1 heterocycles. The van der Waals surface area contributed by atoms with Crippen LogP contribution in [-0.2, 0) is 9.53 Å². The van der Waals surface area contributed by atoms with E-state index in [0.717, 1.165) is 5.56 Å². The fourth-order valence-electron chi connectivity index (χ4n) is 1.25. The molecule has 0 aliphatic rings. The first kappa shape index (κ1) is 14.3. The molecule has 0 saturated carbocycles. The van der Waals surface area contributed by atoms with Crippen molar-refractivity contribution < 1.29 is 14.6 Å². The number of aliphatic hydroxyl groups is 1. The van der Waals surface area contributed by atoms with Crippen LogP contribution < -0.4 is 0 Å². The Morgan fingerprint density at radius 2 is 2.39 bits per heavy atom. The normalized spacial score (nSPS) is 10.8. The number of carbonyl (C=O) groups excluding carboxylic acids is 1. The molecule has 1 aromatic rings. The van der Waals surface area contributed by atoms with E-state index in [1.54, 1.807) is 30.4 Å². The van der Waals surface area contributed by atoms with Crippen LogP contribution in [-0.4, -0.2) is 54.3 Å². The van der Waals surface area contributed by atoms with Crippen LogP contribution in [0.25, 0.3) is 6.08 Å². The molecule has 0 fully saturated rings. The molecule has 5 heteroatoms. The summed E-state index contributed by atoms with van der Waals surface area (Å²) in [6.07, 6.45) is 6.60. The van der Waals surface area contributed by atoms with Crippen molar-refractivity contribution in [2.24, 2.45) is 0 Å². The number of rotatable bonds is 7. The van der Waals surface area contributed by atoms with Gasteiger partial charge in [0.05, 0.1) is 19.8 Å². The molecule has 0 unspecified atom stereocenters. The lowest BCUT2D eigenvalue weighted by atomic mass is 10.2. The van der Waals surface area contributed by atoms with Crippen molar-refractivity contribution in [3.05, 3.63) is 36.2 Å². The van der Waals surface area contributed by atoms with Crippen LogP contribution in [0.4, 0.5) is 0 Å². The van der Waals surface area contributed by atoms with E-state index in [1.807, 2.05) is 12.1 Å². The molecular weight excluding hydrogens is 232 g/mol. The van der Waals surface area contributed by atoms with Gasteiger partial charge in [-0.1, -0.05) is 6.07 Å². The van der Waals surface area contributed by atoms with Crippen molar-refractivity contribution in [2.75, 3.05) is 33.4 Å². The summed E-state index contributed by atoms with van der Waals surface area (Å²) in [6, 6.07) is 3.69. The van der Waals surface area contributed by atoms with E-state index in [0.29, 0.717) is 19.8 Å². The molecule has 1 N–H and O–H groups in total. The molecule has 5 nitrogen and oxygen atoms in total. The van der Waals surface area contributed by atoms with Gasteiger partial charge in [-0.2, -0.15) is 0 Å². The van der Waals surface area contributed by atoms with Crippen molar-refractivity contribution in [3.63, 3.8) is 0 Å². The average Bonchev–Trinajstić information content (AvgIpc) is 2.42. The van der Waals surface area contributed by atoms with Crippen LogP contribution in [0.15, 0.2) is 30.6 Å². The molecule has 0 atom stereocenters. The van der Waals surface area contributed by atoms with Gasteiger partial charge in [-0.25, -0.2) is 0 Å². The Kier molecular flexibility index (Phi) is 6.68. The van der Waals surface area contributed by atoms with Gasteiger partial charge >= 0.3 is 0 Å². The Bertz CT molecular complexity index is 379. The summed E-state index contributed by atoms with van der Waals surface area (Å²) < 4.78 is 5.09. The smallest absolute Gasteiger partial charge is 0.246 e. The second kappa shape index (κ2) is 8.38. The highest BCUT2D eigenvalue weighted by molar-refractivity contribution is 5.91. The zero-order chi connectivity index (χ0) is 13.2. The number of carbonyl (C=O) groups is 1. The van der Waals surface area contributed by atoms with Gasteiger partial charge in [0.1, 0.15) is 0 Å². The summed E-state index contributed by atoms with van der Waals surface area (Å²) in [5.74, 6) is -0.0912. The number of nitrogens with zero attached hydrogens (tertiary/aromatic N) is 2. The number of aliphatic hydroxyl groups excluding tert-OH is 1. The number of hydrogen-bond donors (Lipinski definition) is 1. The average molecular weight is 250 g/mol. The number of hydrogen-bond acceptors (Lipinski definition) is 4. The van der Waals surface area contributed by atoms with E-state index in [9.17, 15) is 4.79 Å². The minimum atomic E-state index is -0.0912. The van der Waals surface area contributed by atoms with Crippen LogP contribution in [0.5, 0.6) is 0 Å². The van der Waals surface area contributed by atoms with Crippen molar-refractivity contribution >= 4 is 12.0 Å². The minimum Gasteiger partial charge on any atom is -0.394 e. The SMILES string of the molecule is CN(CCOCCO)C(=O)/C=C/c1cccnc1. The molecule has 18 heavy (non-hydrogen) atoms. The number of ether oxygens (including phenoxy) is 1. The van der Waals surface area contributed by atoms with Crippen LogP contribution in [0.1, 0.15) is 5.56 Å². The molecule has 0 aromatic carbocycles.